The first-order chi connectivity index (χ1) is 15.2. The monoisotopic (exact) mass is 406 g/mol. The van der Waals surface area contributed by atoms with Crippen molar-refractivity contribution in [3.8, 4) is 22.4 Å². The predicted molar refractivity (Wildman–Crippen MR) is 122 cm³/mol. The van der Waals surface area contributed by atoms with Crippen LogP contribution in [0.2, 0.25) is 0 Å². The summed E-state index contributed by atoms with van der Waals surface area (Å²) in [6.45, 7) is 1.88. The van der Waals surface area contributed by atoms with Crippen LogP contribution in [0.4, 0.5) is 5.69 Å². The molecule has 0 atom stereocenters. The minimum Gasteiger partial charge on any atom is -0.321 e. The Labute approximate surface area is 181 Å². The number of aryl methyl sites for hydroxylation is 3. The summed E-state index contributed by atoms with van der Waals surface area (Å²) in [6.07, 6.45) is 11.7. The summed E-state index contributed by atoms with van der Waals surface area (Å²) >= 11 is 0. The Hall–Kier alpha value is -3.86. The van der Waals surface area contributed by atoms with Crippen molar-refractivity contribution in [2.75, 3.05) is 5.32 Å². The van der Waals surface area contributed by atoms with E-state index in [1.165, 1.54) is 5.56 Å². The quantitative estimate of drug-likeness (QED) is 0.504. The number of rotatable bonds is 3. The molecule has 0 radical (unpaired) electrons. The summed E-state index contributed by atoms with van der Waals surface area (Å²) in [6, 6.07) is 14.4. The van der Waals surface area contributed by atoms with E-state index in [9.17, 15) is 4.79 Å². The van der Waals surface area contributed by atoms with Gasteiger partial charge >= 0.3 is 0 Å². The molecule has 1 N–H and O–H groups in total. The number of carbonyl (C=O) groups is 1. The van der Waals surface area contributed by atoms with Crippen molar-refractivity contribution >= 4 is 11.6 Å². The molecule has 1 amide bonds. The third kappa shape index (κ3) is 3.82. The fraction of sp³-hybridized carbons (Fsp3) is 0.154. The molecule has 0 aliphatic heterocycles. The Morgan fingerprint density at radius 3 is 2.61 bits per heavy atom. The zero-order chi connectivity index (χ0) is 21.2. The van der Waals surface area contributed by atoms with Crippen LogP contribution in [0.1, 0.15) is 33.5 Å². The number of fused-ring (bicyclic) bond motifs is 3. The number of hydrogen-bond donors (Lipinski definition) is 1. The smallest absolute Gasteiger partial charge is 0.256 e. The summed E-state index contributed by atoms with van der Waals surface area (Å²) in [5.74, 6) is -0.144. The van der Waals surface area contributed by atoms with Crippen molar-refractivity contribution in [1.82, 2.24) is 15.0 Å². The molecule has 3 aromatic heterocycles. The molecule has 0 saturated carbocycles. The van der Waals surface area contributed by atoms with Crippen molar-refractivity contribution in [3.05, 3.63) is 95.7 Å². The lowest BCUT2D eigenvalue weighted by atomic mass is 9.96. The number of carbonyl (C=O) groups excluding carboxylic acids is 1. The summed E-state index contributed by atoms with van der Waals surface area (Å²) in [5.41, 5.74) is 9.03. The van der Waals surface area contributed by atoms with Crippen molar-refractivity contribution in [2.45, 2.75) is 26.2 Å². The molecule has 0 saturated heterocycles. The second-order valence-electron chi connectivity index (χ2n) is 7.84. The van der Waals surface area contributed by atoms with Gasteiger partial charge in [-0.2, -0.15) is 0 Å². The Morgan fingerprint density at radius 1 is 0.903 bits per heavy atom. The van der Waals surface area contributed by atoms with Crippen molar-refractivity contribution in [2.24, 2.45) is 0 Å². The van der Waals surface area contributed by atoms with Gasteiger partial charge in [0.05, 0.1) is 17.6 Å². The van der Waals surface area contributed by atoms with E-state index in [1.807, 2.05) is 19.2 Å². The van der Waals surface area contributed by atoms with E-state index in [-0.39, 0.29) is 5.91 Å². The van der Waals surface area contributed by atoms with Gasteiger partial charge in [0.1, 0.15) is 0 Å². The largest absolute Gasteiger partial charge is 0.321 e. The molecule has 152 valence electrons. The molecule has 1 aliphatic carbocycles. The first-order valence-electron chi connectivity index (χ1n) is 10.4. The van der Waals surface area contributed by atoms with Crippen LogP contribution in [0.25, 0.3) is 22.4 Å². The second kappa shape index (κ2) is 8.11. The average Bonchev–Trinajstić information content (AvgIpc) is 2.98. The lowest BCUT2D eigenvalue weighted by Crippen LogP contribution is -2.14. The molecular weight excluding hydrogens is 384 g/mol. The van der Waals surface area contributed by atoms with Crippen LogP contribution in [0, 0.1) is 6.92 Å². The highest BCUT2D eigenvalue weighted by atomic mass is 16.1. The van der Waals surface area contributed by atoms with Gasteiger partial charge in [0, 0.05) is 41.5 Å². The van der Waals surface area contributed by atoms with Gasteiger partial charge in [-0.25, -0.2) is 0 Å². The summed E-state index contributed by atoms with van der Waals surface area (Å²) in [4.78, 5) is 25.8. The fourth-order valence-electron chi connectivity index (χ4n) is 4.14. The number of nitrogens with one attached hydrogen (secondary N) is 1. The van der Waals surface area contributed by atoms with Crippen molar-refractivity contribution in [3.63, 3.8) is 0 Å². The Balaban J connectivity index is 1.49. The molecule has 0 fully saturated rings. The highest BCUT2D eigenvalue weighted by molar-refractivity contribution is 6.05. The maximum Gasteiger partial charge on any atom is 0.256 e. The third-order valence-electron chi connectivity index (χ3n) is 5.74. The average molecular weight is 406 g/mol. The topological polar surface area (TPSA) is 67.8 Å². The summed E-state index contributed by atoms with van der Waals surface area (Å²) < 4.78 is 0. The molecule has 1 aromatic carbocycles. The van der Waals surface area contributed by atoms with E-state index in [1.54, 1.807) is 30.9 Å². The van der Waals surface area contributed by atoms with Crippen LogP contribution in [-0.4, -0.2) is 20.9 Å². The molecular formula is C26H22N4O. The number of benzene rings is 1. The fourth-order valence-corrected chi connectivity index (χ4v) is 4.14. The summed E-state index contributed by atoms with van der Waals surface area (Å²) in [7, 11) is 0. The highest BCUT2D eigenvalue weighted by Gasteiger charge is 2.18. The molecule has 5 heteroatoms. The Morgan fingerprint density at radius 2 is 1.77 bits per heavy atom. The van der Waals surface area contributed by atoms with Gasteiger partial charge < -0.3 is 5.32 Å². The number of anilines is 1. The number of hydrogen-bond acceptors (Lipinski definition) is 4. The molecule has 4 aromatic rings. The first kappa shape index (κ1) is 19.1. The molecule has 31 heavy (non-hydrogen) atoms. The van der Waals surface area contributed by atoms with E-state index in [2.05, 4.69) is 45.6 Å². The summed E-state index contributed by atoms with van der Waals surface area (Å²) in [5, 5.41) is 2.99. The van der Waals surface area contributed by atoms with E-state index >= 15 is 0 Å². The zero-order valence-corrected chi connectivity index (χ0v) is 17.3. The van der Waals surface area contributed by atoms with Gasteiger partial charge in [0.25, 0.3) is 5.91 Å². The molecule has 5 nitrogen and oxygen atoms in total. The van der Waals surface area contributed by atoms with Gasteiger partial charge in [-0.3, -0.25) is 19.7 Å². The number of amides is 1. The molecule has 0 spiro atoms. The van der Waals surface area contributed by atoms with Gasteiger partial charge in [-0.1, -0.05) is 18.2 Å². The van der Waals surface area contributed by atoms with Crippen molar-refractivity contribution < 1.29 is 4.79 Å². The van der Waals surface area contributed by atoms with Gasteiger partial charge in [-0.15, -0.1) is 0 Å². The van der Waals surface area contributed by atoms with Crippen LogP contribution in [0.5, 0.6) is 0 Å². The maximum absolute atomic E-state index is 12.7. The van der Waals surface area contributed by atoms with Gasteiger partial charge in [0.15, 0.2) is 0 Å². The normalized spacial score (nSPS) is 12.4. The Bertz CT molecular complexity index is 1270. The number of nitrogens with zero attached hydrogens (tertiary/aromatic N) is 3. The second-order valence-corrected chi connectivity index (χ2v) is 7.84. The first-order valence-corrected chi connectivity index (χ1v) is 10.4. The SMILES string of the molecule is Cc1cnccc1C(=O)Nc1cnc2c(c1)CCCc1ccc(-c3cccnc3)cc1-2. The lowest BCUT2D eigenvalue weighted by molar-refractivity contribution is 0.102. The lowest BCUT2D eigenvalue weighted by Gasteiger charge is -2.13. The predicted octanol–water partition coefficient (Wildman–Crippen LogP) is 5.26. The third-order valence-corrected chi connectivity index (χ3v) is 5.74. The number of aromatic nitrogens is 3. The van der Waals surface area contributed by atoms with Crippen LogP contribution < -0.4 is 5.32 Å². The molecule has 0 unspecified atom stereocenters. The van der Waals surface area contributed by atoms with Crippen LogP contribution in [0.15, 0.2) is 73.4 Å². The van der Waals surface area contributed by atoms with Gasteiger partial charge in [0.2, 0.25) is 0 Å². The zero-order valence-electron chi connectivity index (χ0n) is 17.3. The van der Waals surface area contributed by atoms with Crippen LogP contribution in [0.3, 0.4) is 0 Å². The standard InChI is InChI=1S/C26H22N4O/c1-17-14-28-11-9-23(17)26(31)30-22-12-20-5-2-4-18-7-8-19(21-6-3-10-27-15-21)13-24(18)25(20)29-16-22/h3,6-16H,2,4-5H2,1H3,(H,30,31). The molecule has 1 aliphatic rings. The van der Waals surface area contributed by atoms with Gasteiger partial charge in [-0.05, 0) is 72.7 Å². The minimum absolute atomic E-state index is 0.144. The van der Waals surface area contributed by atoms with Crippen LogP contribution >= 0.6 is 0 Å². The van der Waals surface area contributed by atoms with E-state index in [0.29, 0.717) is 11.3 Å². The maximum atomic E-state index is 12.7. The molecule has 3 heterocycles. The highest BCUT2D eigenvalue weighted by Crippen LogP contribution is 2.35. The minimum atomic E-state index is -0.144. The number of pyridine rings is 3. The van der Waals surface area contributed by atoms with E-state index < -0.39 is 0 Å². The van der Waals surface area contributed by atoms with Crippen molar-refractivity contribution in [1.29, 1.82) is 0 Å². The Kier molecular flexibility index (Phi) is 5.00. The molecule has 0 bridgehead atoms. The van der Waals surface area contributed by atoms with Crippen LogP contribution in [-0.2, 0) is 12.8 Å². The van der Waals surface area contributed by atoms with E-state index in [0.717, 1.165) is 52.8 Å². The molecule has 5 rings (SSSR count). The van der Waals surface area contributed by atoms with E-state index in [4.69, 9.17) is 4.98 Å².